The third-order valence-electron chi connectivity index (χ3n) is 2.26. The van der Waals surface area contributed by atoms with E-state index in [0.29, 0.717) is 24.2 Å². The van der Waals surface area contributed by atoms with Gasteiger partial charge in [0.15, 0.2) is 0 Å². The largest absolute Gasteiger partial charge is 0.382 e. The van der Waals surface area contributed by atoms with Crippen molar-refractivity contribution in [3.63, 3.8) is 0 Å². The predicted molar refractivity (Wildman–Crippen MR) is 56.8 cm³/mol. The van der Waals surface area contributed by atoms with E-state index in [-0.39, 0.29) is 0 Å². The van der Waals surface area contributed by atoms with E-state index in [1.165, 1.54) is 12.1 Å². The van der Waals surface area contributed by atoms with Crippen LogP contribution in [-0.4, -0.2) is 10.2 Å². The molecular formula is C11H11F2N3. The summed E-state index contributed by atoms with van der Waals surface area (Å²) in [6.07, 6.45) is 1.16. The number of aromatic nitrogens is 2. The van der Waals surface area contributed by atoms with Crippen LogP contribution in [0.15, 0.2) is 24.3 Å². The van der Waals surface area contributed by atoms with Crippen molar-refractivity contribution in [1.29, 1.82) is 0 Å². The summed E-state index contributed by atoms with van der Waals surface area (Å²) in [4.78, 5) is 0. The molecule has 1 aromatic carbocycles. The van der Waals surface area contributed by atoms with Crippen molar-refractivity contribution < 1.29 is 8.78 Å². The van der Waals surface area contributed by atoms with Crippen LogP contribution in [-0.2, 0) is 12.8 Å². The number of nitrogen functional groups attached to an aromatic ring is 1. The number of nitrogens with zero attached hydrogens (tertiary/aromatic N) is 1. The number of benzene rings is 1. The molecule has 0 unspecified atom stereocenters. The predicted octanol–water partition coefficient (Wildman–Crippen LogP) is 2.06. The summed E-state index contributed by atoms with van der Waals surface area (Å²) in [5.74, 6) is -0.696. The summed E-state index contributed by atoms with van der Waals surface area (Å²) in [5.41, 5.74) is 6.90. The van der Waals surface area contributed by atoms with Crippen LogP contribution in [0.3, 0.4) is 0 Å². The molecule has 3 N–H and O–H groups in total. The van der Waals surface area contributed by atoms with Gasteiger partial charge in [0, 0.05) is 17.8 Å². The second-order valence-electron chi connectivity index (χ2n) is 3.60. The van der Waals surface area contributed by atoms with Gasteiger partial charge >= 0.3 is 0 Å². The average molecular weight is 223 g/mol. The maximum absolute atomic E-state index is 12.9. The molecule has 0 aliphatic heterocycles. The summed E-state index contributed by atoms with van der Waals surface area (Å²) < 4.78 is 25.8. The normalized spacial score (nSPS) is 10.6. The van der Waals surface area contributed by atoms with Crippen molar-refractivity contribution in [2.75, 3.05) is 5.73 Å². The minimum absolute atomic E-state index is 0.417. The lowest BCUT2D eigenvalue weighted by Crippen LogP contribution is -1.94. The first-order valence-corrected chi connectivity index (χ1v) is 4.88. The molecule has 0 bridgehead atoms. The van der Waals surface area contributed by atoms with Crippen molar-refractivity contribution in [3.05, 3.63) is 47.2 Å². The van der Waals surface area contributed by atoms with Crippen LogP contribution >= 0.6 is 0 Å². The Morgan fingerprint density at radius 2 is 1.75 bits per heavy atom. The number of aryl methyl sites for hydroxylation is 2. The van der Waals surface area contributed by atoms with Gasteiger partial charge in [-0.2, -0.15) is 5.10 Å². The first-order chi connectivity index (χ1) is 7.63. The second kappa shape index (κ2) is 4.30. The quantitative estimate of drug-likeness (QED) is 0.836. The third-order valence-corrected chi connectivity index (χ3v) is 2.26. The third kappa shape index (κ3) is 2.56. The van der Waals surface area contributed by atoms with E-state index in [2.05, 4.69) is 10.2 Å². The number of hydrogen-bond donors (Lipinski definition) is 2. The van der Waals surface area contributed by atoms with Crippen LogP contribution in [0.5, 0.6) is 0 Å². The van der Waals surface area contributed by atoms with Gasteiger partial charge in [-0.15, -0.1) is 0 Å². The highest BCUT2D eigenvalue weighted by Gasteiger charge is 2.02. The average Bonchev–Trinajstić information content (AvgIpc) is 2.60. The molecule has 0 aliphatic carbocycles. The van der Waals surface area contributed by atoms with Crippen molar-refractivity contribution in [2.24, 2.45) is 0 Å². The van der Waals surface area contributed by atoms with Crippen molar-refractivity contribution >= 4 is 5.82 Å². The van der Waals surface area contributed by atoms with Gasteiger partial charge in [-0.05, 0) is 30.5 Å². The Morgan fingerprint density at radius 1 is 1.06 bits per heavy atom. The van der Waals surface area contributed by atoms with Gasteiger partial charge in [-0.3, -0.25) is 5.10 Å². The van der Waals surface area contributed by atoms with Crippen LogP contribution in [0.25, 0.3) is 0 Å². The number of nitrogens with one attached hydrogen (secondary N) is 1. The Bertz CT molecular complexity index is 473. The SMILES string of the molecule is Nc1cc(CCc2cc(F)cc(F)c2)[nH]n1. The summed E-state index contributed by atoms with van der Waals surface area (Å²) >= 11 is 0. The zero-order valence-corrected chi connectivity index (χ0v) is 8.50. The van der Waals surface area contributed by atoms with Crippen LogP contribution in [0.4, 0.5) is 14.6 Å². The van der Waals surface area contributed by atoms with E-state index in [0.717, 1.165) is 11.8 Å². The number of aromatic amines is 1. The number of halogens is 2. The summed E-state index contributed by atoms with van der Waals surface area (Å²) in [6, 6.07) is 5.21. The fraction of sp³-hybridized carbons (Fsp3) is 0.182. The fourth-order valence-corrected chi connectivity index (χ4v) is 1.54. The smallest absolute Gasteiger partial charge is 0.145 e. The summed E-state index contributed by atoms with van der Waals surface area (Å²) in [5, 5.41) is 6.51. The van der Waals surface area contributed by atoms with E-state index in [9.17, 15) is 8.78 Å². The summed E-state index contributed by atoms with van der Waals surface area (Å²) in [6.45, 7) is 0. The number of nitrogens with two attached hydrogens (primary N) is 1. The van der Waals surface area contributed by atoms with E-state index in [4.69, 9.17) is 5.73 Å². The minimum atomic E-state index is -0.556. The van der Waals surface area contributed by atoms with Gasteiger partial charge < -0.3 is 5.73 Å². The Labute approximate surface area is 91.3 Å². The van der Waals surface area contributed by atoms with E-state index in [1.807, 2.05) is 0 Å². The van der Waals surface area contributed by atoms with Crippen LogP contribution < -0.4 is 5.73 Å². The van der Waals surface area contributed by atoms with Gasteiger partial charge in [0.1, 0.15) is 17.5 Å². The van der Waals surface area contributed by atoms with Gasteiger partial charge in [0.2, 0.25) is 0 Å². The molecule has 3 nitrogen and oxygen atoms in total. The van der Waals surface area contributed by atoms with Crippen LogP contribution in [0.2, 0.25) is 0 Å². The van der Waals surface area contributed by atoms with Crippen LogP contribution in [0.1, 0.15) is 11.3 Å². The monoisotopic (exact) mass is 223 g/mol. The molecule has 2 rings (SSSR count). The van der Waals surface area contributed by atoms with Crippen LogP contribution in [0, 0.1) is 11.6 Å². The Morgan fingerprint density at radius 3 is 2.31 bits per heavy atom. The lowest BCUT2D eigenvalue weighted by Gasteiger charge is -2.00. The molecule has 0 saturated carbocycles. The second-order valence-corrected chi connectivity index (χ2v) is 3.60. The van der Waals surface area contributed by atoms with Gasteiger partial charge in [0.05, 0.1) is 0 Å². The molecule has 0 spiro atoms. The Balaban J connectivity index is 2.04. The molecule has 5 heteroatoms. The first kappa shape index (κ1) is 10.6. The Hall–Kier alpha value is -1.91. The molecule has 0 amide bonds. The summed E-state index contributed by atoms with van der Waals surface area (Å²) in [7, 11) is 0. The number of rotatable bonds is 3. The maximum atomic E-state index is 12.9. The number of anilines is 1. The maximum Gasteiger partial charge on any atom is 0.145 e. The lowest BCUT2D eigenvalue weighted by molar-refractivity contribution is 0.579. The van der Waals surface area contributed by atoms with E-state index >= 15 is 0 Å². The highest BCUT2D eigenvalue weighted by Crippen LogP contribution is 2.11. The van der Waals surface area contributed by atoms with E-state index < -0.39 is 11.6 Å². The molecular weight excluding hydrogens is 212 g/mol. The molecule has 16 heavy (non-hydrogen) atoms. The van der Waals surface area contributed by atoms with Gasteiger partial charge in [-0.25, -0.2) is 8.78 Å². The minimum Gasteiger partial charge on any atom is -0.382 e. The van der Waals surface area contributed by atoms with Crippen molar-refractivity contribution in [1.82, 2.24) is 10.2 Å². The molecule has 0 radical (unpaired) electrons. The highest BCUT2D eigenvalue weighted by molar-refractivity contribution is 5.29. The van der Waals surface area contributed by atoms with Gasteiger partial charge in [0.25, 0.3) is 0 Å². The molecule has 1 aromatic heterocycles. The van der Waals surface area contributed by atoms with Gasteiger partial charge in [-0.1, -0.05) is 0 Å². The molecule has 1 heterocycles. The molecule has 0 saturated heterocycles. The highest BCUT2D eigenvalue weighted by atomic mass is 19.1. The molecule has 0 aliphatic rings. The van der Waals surface area contributed by atoms with Crippen molar-refractivity contribution in [3.8, 4) is 0 Å². The standard InChI is InChI=1S/C11H11F2N3/c12-8-3-7(4-9(13)5-8)1-2-10-6-11(14)16-15-10/h3-6H,1-2H2,(H3,14,15,16). The zero-order valence-electron chi connectivity index (χ0n) is 8.50. The molecule has 0 atom stereocenters. The molecule has 84 valence electrons. The fourth-order valence-electron chi connectivity index (χ4n) is 1.54. The zero-order chi connectivity index (χ0) is 11.5. The van der Waals surface area contributed by atoms with Crippen molar-refractivity contribution in [2.45, 2.75) is 12.8 Å². The first-order valence-electron chi connectivity index (χ1n) is 4.88. The van der Waals surface area contributed by atoms with E-state index in [1.54, 1.807) is 6.07 Å². The lowest BCUT2D eigenvalue weighted by atomic mass is 10.1. The molecule has 0 fully saturated rings. The number of hydrogen-bond acceptors (Lipinski definition) is 2. The molecule has 2 aromatic rings. The topological polar surface area (TPSA) is 54.7 Å². The number of H-pyrrole nitrogens is 1. The Kier molecular flexibility index (Phi) is 2.85.